The fraction of sp³-hybridized carbons (Fsp3) is 1.00. The summed E-state index contributed by atoms with van der Waals surface area (Å²) in [5, 5.41) is 8.54. The van der Waals surface area contributed by atoms with Crippen LogP contribution in [0.3, 0.4) is 0 Å². The van der Waals surface area contributed by atoms with Crippen molar-refractivity contribution >= 4 is 0 Å². The minimum atomic E-state index is -5.75. The Morgan fingerprint density at radius 2 is 1.62 bits per heavy atom. The first-order valence-corrected chi connectivity index (χ1v) is 4.20. The van der Waals surface area contributed by atoms with Crippen LogP contribution in [-0.2, 0) is 9.47 Å². The molecule has 0 aromatic rings. The highest BCUT2D eigenvalue weighted by molar-refractivity contribution is 4.90. The van der Waals surface area contributed by atoms with Crippen LogP contribution in [0.1, 0.15) is 6.42 Å². The molecular weight excluding hydrogens is 246 g/mol. The SMILES string of the molecule is OCC1CCOC(C(F)(F)F)(C(F)(F)F)O1. The molecule has 1 aliphatic heterocycles. The summed E-state index contributed by atoms with van der Waals surface area (Å²) in [6.45, 7) is -1.72. The number of rotatable bonds is 1. The van der Waals surface area contributed by atoms with E-state index in [2.05, 4.69) is 9.47 Å². The van der Waals surface area contributed by atoms with Crippen molar-refractivity contribution in [2.75, 3.05) is 13.2 Å². The van der Waals surface area contributed by atoms with Crippen molar-refractivity contribution in [3.63, 3.8) is 0 Å². The molecular formula is C7H8F6O3. The van der Waals surface area contributed by atoms with Gasteiger partial charge in [-0.1, -0.05) is 0 Å². The van der Waals surface area contributed by atoms with E-state index < -0.39 is 37.5 Å². The van der Waals surface area contributed by atoms with Gasteiger partial charge in [0.25, 0.3) is 0 Å². The molecule has 0 bridgehead atoms. The molecule has 16 heavy (non-hydrogen) atoms. The van der Waals surface area contributed by atoms with Gasteiger partial charge in [0, 0.05) is 0 Å². The Kier molecular flexibility index (Phi) is 3.42. The molecule has 1 N–H and O–H groups in total. The van der Waals surface area contributed by atoms with E-state index in [1.54, 1.807) is 0 Å². The summed E-state index contributed by atoms with van der Waals surface area (Å²) in [5.41, 5.74) is 0. The molecule has 1 aliphatic rings. The number of ether oxygens (including phenoxy) is 2. The van der Waals surface area contributed by atoms with Crippen LogP contribution in [0, 0.1) is 0 Å². The molecule has 1 heterocycles. The van der Waals surface area contributed by atoms with Crippen LogP contribution in [0.15, 0.2) is 0 Å². The average molecular weight is 254 g/mol. The number of aliphatic hydroxyl groups excluding tert-OH is 1. The standard InChI is InChI=1S/C7H8F6O3/c8-6(9,10)5(7(11,12)13)15-2-1-4(3-14)16-5/h4,14H,1-3H2. The smallest absolute Gasteiger partial charge is 0.394 e. The van der Waals surface area contributed by atoms with Crippen LogP contribution in [0.5, 0.6) is 0 Å². The monoisotopic (exact) mass is 254 g/mol. The van der Waals surface area contributed by atoms with E-state index in [-0.39, 0.29) is 6.42 Å². The Balaban J connectivity index is 3.06. The highest BCUT2D eigenvalue weighted by atomic mass is 19.4. The van der Waals surface area contributed by atoms with Gasteiger partial charge in [-0.05, 0) is 6.42 Å². The van der Waals surface area contributed by atoms with Crippen LogP contribution in [0.2, 0.25) is 0 Å². The first kappa shape index (κ1) is 13.5. The maximum Gasteiger partial charge on any atom is 0.453 e. The first-order valence-electron chi connectivity index (χ1n) is 4.20. The maximum absolute atomic E-state index is 12.4. The van der Waals surface area contributed by atoms with Crippen LogP contribution >= 0.6 is 0 Å². The van der Waals surface area contributed by atoms with Gasteiger partial charge in [-0.25, -0.2) is 0 Å². The third-order valence-electron chi connectivity index (χ3n) is 2.03. The molecule has 1 rings (SSSR count). The minimum Gasteiger partial charge on any atom is -0.394 e. The topological polar surface area (TPSA) is 38.7 Å². The molecule has 0 saturated carbocycles. The van der Waals surface area contributed by atoms with Crippen molar-refractivity contribution in [1.29, 1.82) is 0 Å². The fourth-order valence-electron chi connectivity index (χ4n) is 1.25. The summed E-state index contributed by atoms with van der Waals surface area (Å²) < 4.78 is 81.7. The van der Waals surface area contributed by atoms with Gasteiger partial charge >= 0.3 is 18.1 Å². The molecule has 0 aliphatic carbocycles. The first-order chi connectivity index (χ1) is 7.14. The largest absolute Gasteiger partial charge is 0.453 e. The lowest BCUT2D eigenvalue weighted by Gasteiger charge is -2.41. The average Bonchev–Trinajstić information content (AvgIpc) is 2.14. The molecule has 9 heteroatoms. The lowest BCUT2D eigenvalue weighted by molar-refractivity contribution is -0.490. The van der Waals surface area contributed by atoms with Gasteiger partial charge in [-0.15, -0.1) is 0 Å². The van der Waals surface area contributed by atoms with Gasteiger partial charge in [-0.3, -0.25) is 0 Å². The second kappa shape index (κ2) is 4.04. The van der Waals surface area contributed by atoms with Crippen LogP contribution in [0.4, 0.5) is 26.3 Å². The van der Waals surface area contributed by atoms with Crippen LogP contribution in [0.25, 0.3) is 0 Å². The minimum absolute atomic E-state index is 0.232. The normalized spacial score (nSPS) is 26.8. The van der Waals surface area contributed by atoms with E-state index in [0.29, 0.717) is 0 Å². The van der Waals surface area contributed by atoms with Crippen molar-refractivity contribution in [2.45, 2.75) is 30.7 Å². The highest BCUT2D eigenvalue weighted by Crippen LogP contribution is 2.49. The second-order valence-electron chi connectivity index (χ2n) is 3.17. The molecule has 0 aromatic heterocycles. The zero-order valence-electron chi connectivity index (χ0n) is 7.73. The van der Waals surface area contributed by atoms with E-state index in [1.165, 1.54) is 0 Å². The summed E-state index contributed by atoms with van der Waals surface area (Å²) in [7, 11) is 0. The number of aliphatic hydroxyl groups is 1. The Morgan fingerprint density at radius 1 is 1.12 bits per heavy atom. The second-order valence-corrected chi connectivity index (χ2v) is 3.17. The maximum atomic E-state index is 12.4. The third-order valence-corrected chi connectivity index (χ3v) is 2.03. The highest BCUT2D eigenvalue weighted by Gasteiger charge is 2.75. The van der Waals surface area contributed by atoms with E-state index >= 15 is 0 Å². The molecule has 0 radical (unpaired) electrons. The number of halogens is 6. The predicted molar refractivity (Wildman–Crippen MR) is 37.4 cm³/mol. The van der Waals surface area contributed by atoms with E-state index in [4.69, 9.17) is 5.11 Å². The van der Waals surface area contributed by atoms with E-state index in [1.807, 2.05) is 0 Å². The Labute approximate surface area is 85.9 Å². The molecule has 96 valence electrons. The Bertz CT molecular complexity index is 233. The van der Waals surface area contributed by atoms with Gasteiger partial charge in [0.05, 0.1) is 19.3 Å². The van der Waals surface area contributed by atoms with Crippen LogP contribution in [-0.4, -0.2) is 42.6 Å². The van der Waals surface area contributed by atoms with Gasteiger partial charge < -0.3 is 14.6 Å². The molecule has 3 nitrogen and oxygen atoms in total. The predicted octanol–water partition coefficient (Wildman–Crippen LogP) is 1.61. The summed E-state index contributed by atoms with van der Waals surface area (Å²) in [5.74, 6) is -4.63. The molecule has 0 amide bonds. The van der Waals surface area contributed by atoms with Gasteiger partial charge in [0.2, 0.25) is 0 Å². The molecule has 0 spiro atoms. The van der Waals surface area contributed by atoms with Crippen molar-refractivity contribution in [2.24, 2.45) is 0 Å². The van der Waals surface area contributed by atoms with Crippen molar-refractivity contribution in [1.82, 2.24) is 0 Å². The summed E-state index contributed by atoms with van der Waals surface area (Å²) >= 11 is 0. The summed E-state index contributed by atoms with van der Waals surface area (Å²) in [6.07, 6.45) is -13.3. The zero-order chi connectivity index (χ0) is 12.6. The molecule has 1 atom stereocenters. The van der Waals surface area contributed by atoms with E-state index in [9.17, 15) is 26.3 Å². The fourth-order valence-corrected chi connectivity index (χ4v) is 1.25. The van der Waals surface area contributed by atoms with Crippen molar-refractivity contribution < 1.29 is 40.9 Å². The number of hydrogen-bond donors (Lipinski definition) is 1. The van der Waals surface area contributed by atoms with Crippen molar-refractivity contribution in [3.8, 4) is 0 Å². The summed E-state index contributed by atoms with van der Waals surface area (Å²) in [4.78, 5) is 0. The van der Waals surface area contributed by atoms with Gasteiger partial charge in [-0.2, -0.15) is 26.3 Å². The Morgan fingerprint density at radius 3 is 2.00 bits per heavy atom. The number of alkyl halides is 6. The van der Waals surface area contributed by atoms with Crippen molar-refractivity contribution in [3.05, 3.63) is 0 Å². The van der Waals surface area contributed by atoms with Gasteiger partial charge in [0.15, 0.2) is 0 Å². The molecule has 1 unspecified atom stereocenters. The molecule has 1 saturated heterocycles. The zero-order valence-corrected chi connectivity index (χ0v) is 7.73. The molecule has 1 fully saturated rings. The Hall–Kier alpha value is -0.540. The third kappa shape index (κ3) is 2.11. The molecule has 0 aromatic carbocycles. The lowest BCUT2D eigenvalue weighted by Crippen LogP contribution is -2.64. The summed E-state index contributed by atoms with van der Waals surface area (Å²) in [6, 6.07) is 0. The van der Waals surface area contributed by atoms with Crippen LogP contribution < -0.4 is 0 Å². The van der Waals surface area contributed by atoms with Gasteiger partial charge in [0.1, 0.15) is 0 Å². The number of hydrogen-bond acceptors (Lipinski definition) is 3. The lowest BCUT2D eigenvalue weighted by atomic mass is 10.1. The quantitative estimate of drug-likeness (QED) is 0.722. The van der Waals surface area contributed by atoms with E-state index in [0.717, 1.165) is 0 Å².